The molecule has 0 aliphatic heterocycles. The highest BCUT2D eigenvalue weighted by molar-refractivity contribution is 5.76. The number of hydrogen-bond donors (Lipinski definition) is 0. The number of rotatable bonds is 6. The van der Waals surface area contributed by atoms with Crippen molar-refractivity contribution in [2.75, 3.05) is 6.61 Å². The van der Waals surface area contributed by atoms with Crippen LogP contribution in [0, 0.1) is 0 Å². The molecule has 0 bridgehead atoms. The van der Waals surface area contributed by atoms with Crippen molar-refractivity contribution in [3.63, 3.8) is 0 Å². The Hall–Kier alpha value is -2.29. The third-order valence-electron chi connectivity index (χ3n) is 2.64. The topological polar surface area (TPSA) is 35.5 Å². The molecule has 2 aromatic carbocycles. The molecule has 19 heavy (non-hydrogen) atoms. The second-order valence-corrected chi connectivity index (χ2v) is 4.03. The lowest BCUT2D eigenvalue weighted by Gasteiger charge is -2.12. The average molecular weight is 256 g/mol. The van der Waals surface area contributed by atoms with Crippen molar-refractivity contribution in [2.24, 2.45) is 0 Å². The second-order valence-electron chi connectivity index (χ2n) is 4.03. The van der Waals surface area contributed by atoms with Crippen LogP contribution in [0.1, 0.15) is 22.8 Å². The molecule has 0 aliphatic rings. The lowest BCUT2D eigenvalue weighted by atomic mass is 10.2. The van der Waals surface area contributed by atoms with Gasteiger partial charge in [0.05, 0.1) is 6.61 Å². The van der Waals surface area contributed by atoms with Crippen molar-refractivity contribution < 1.29 is 14.3 Å². The van der Waals surface area contributed by atoms with E-state index in [-0.39, 0.29) is 0 Å². The van der Waals surface area contributed by atoms with Crippen LogP contribution in [-0.4, -0.2) is 12.9 Å². The molecule has 0 heterocycles. The maximum atomic E-state index is 10.8. The van der Waals surface area contributed by atoms with Crippen molar-refractivity contribution in [1.82, 2.24) is 0 Å². The van der Waals surface area contributed by atoms with Gasteiger partial charge in [0.1, 0.15) is 12.9 Å². The molecule has 0 aromatic heterocycles. The van der Waals surface area contributed by atoms with Crippen LogP contribution in [0.5, 0.6) is 11.5 Å². The zero-order valence-electron chi connectivity index (χ0n) is 10.8. The molecule has 0 N–H and O–H groups in total. The summed E-state index contributed by atoms with van der Waals surface area (Å²) in [6.45, 7) is 2.92. The third kappa shape index (κ3) is 3.58. The van der Waals surface area contributed by atoms with E-state index in [2.05, 4.69) is 0 Å². The average Bonchev–Trinajstić information content (AvgIpc) is 2.47. The fourth-order valence-corrected chi connectivity index (χ4v) is 1.72. The van der Waals surface area contributed by atoms with Gasteiger partial charge in [-0.1, -0.05) is 30.3 Å². The molecule has 0 spiro atoms. The van der Waals surface area contributed by atoms with E-state index in [0.717, 1.165) is 11.8 Å². The van der Waals surface area contributed by atoms with Gasteiger partial charge in [0.2, 0.25) is 0 Å². The SMILES string of the molecule is CCOc1ccc(C=O)cc1OCc1ccccc1. The van der Waals surface area contributed by atoms with Crippen LogP contribution < -0.4 is 9.47 Å². The van der Waals surface area contributed by atoms with Crippen LogP contribution in [0.2, 0.25) is 0 Å². The maximum Gasteiger partial charge on any atom is 0.162 e. The van der Waals surface area contributed by atoms with Gasteiger partial charge in [-0.15, -0.1) is 0 Å². The Morgan fingerprint density at radius 3 is 2.47 bits per heavy atom. The monoisotopic (exact) mass is 256 g/mol. The molecule has 98 valence electrons. The molecule has 0 saturated carbocycles. The number of ether oxygens (including phenoxy) is 2. The summed E-state index contributed by atoms with van der Waals surface area (Å²) in [7, 11) is 0. The fraction of sp³-hybridized carbons (Fsp3) is 0.188. The Morgan fingerprint density at radius 1 is 1.00 bits per heavy atom. The normalized spacial score (nSPS) is 9.95. The van der Waals surface area contributed by atoms with E-state index in [4.69, 9.17) is 9.47 Å². The zero-order valence-corrected chi connectivity index (χ0v) is 10.8. The third-order valence-corrected chi connectivity index (χ3v) is 2.64. The minimum Gasteiger partial charge on any atom is -0.490 e. The molecular formula is C16H16O3. The second kappa shape index (κ2) is 6.59. The Kier molecular flexibility index (Phi) is 4.56. The van der Waals surface area contributed by atoms with Crippen molar-refractivity contribution in [1.29, 1.82) is 0 Å². The van der Waals surface area contributed by atoms with Gasteiger partial charge >= 0.3 is 0 Å². The summed E-state index contributed by atoms with van der Waals surface area (Å²) in [6.07, 6.45) is 0.797. The highest BCUT2D eigenvalue weighted by Crippen LogP contribution is 2.28. The molecule has 2 aromatic rings. The highest BCUT2D eigenvalue weighted by Gasteiger charge is 2.06. The standard InChI is InChI=1S/C16H16O3/c1-2-18-15-9-8-14(11-17)10-16(15)19-12-13-6-4-3-5-7-13/h3-11H,2,12H2,1H3. The van der Waals surface area contributed by atoms with E-state index in [9.17, 15) is 4.79 Å². The Balaban J connectivity index is 2.15. The summed E-state index contributed by atoms with van der Waals surface area (Å²) in [4.78, 5) is 10.8. The minimum absolute atomic E-state index is 0.448. The first-order valence-electron chi connectivity index (χ1n) is 6.22. The highest BCUT2D eigenvalue weighted by atomic mass is 16.5. The van der Waals surface area contributed by atoms with Crippen LogP contribution in [0.4, 0.5) is 0 Å². The van der Waals surface area contributed by atoms with E-state index in [1.165, 1.54) is 0 Å². The van der Waals surface area contributed by atoms with Crippen LogP contribution in [0.15, 0.2) is 48.5 Å². The first kappa shape index (κ1) is 13.1. The summed E-state index contributed by atoms with van der Waals surface area (Å²) < 4.78 is 11.2. The summed E-state index contributed by atoms with van der Waals surface area (Å²) in [5.41, 5.74) is 1.65. The van der Waals surface area contributed by atoms with Crippen molar-refractivity contribution in [3.8, 4) is 11.5 Å². The molecular weight excluding hydrogens is 240 g/mol. The molecule has 3 heteroatoms. The lowest BCUT2D eigenvalue weighted by Crippen LogP contribution is -2.00. The lowest BCUT2D eigenvalue weighted by molar-refractivity contribution is 0.112. The van der Waals surface area contributed by atoms with Crippen molar-refractivity contribution >= 4 is 6.29 Å². The van der Waals surface area contributed by atoms with E-state index in [0.29, 0.717) is 30.3 Å². The van der Waals surface area contributed by atoms with Gasteiger partial charge in [-0.25, -0.2) is 0 Å². The van der Waals surface area contributed by atoms with Gasteiger partial charge in [0.25, 0.3) is 0 Å². The summed E-state index contributed by atoms with van der Waals surface area (Å²) in [5, 5.41) is 0. The predicted octanol–water partition coefficient (Wildman–Crippen LogP) is 3.48. The molecule has 0 fully saturated rings. The van der Waals surface area contributed by atoms with Crippen LogP contribution in [0.25, 0.3) is 0 Å². The van der Waals surface area contributed by atoms with E-state index in [1.54, 1.807) is 18.2 Å². The Morgan fingerprint density at radius 2 is 1.79 bits per heavy atom. The van der Waals surface area contributed by atoms with E-state index in [1.807, 2.05) is 37.3 Å². The van der Waals surface area contributed by atoms with Gasteiger partial charge < -0.3 is 9.47 Å². The summed E-state index contributed by atoms with van der Waals surface area (Å²) in [6, 6.07) is 15.0. The molecule has 0 aliphatic carbocycles. The molecule has 3 nitrogen and oxygen atoms in total. The van der Waals surface area contributed by atoms with Gasteiger partial charge in [0.15, 0.2) is 11.5 Å². The predicted molar refractivity (Wildman–Crippen MR) is 73.8 cm³/mol. The Labute approximate surface area is 112 Å². The van der Waals surface area contributed by atoms with Gasteiger partial charge in [0, 0.05) is 5.56 Å². The van der Waals surface area contributed by atoms with E-state index < -0.39 is 0 Å². The molecule has 0 atom stereocenters. The van der Waals surface area contributed by atoms with E-state index >= 15 is 0 Å². The van der Waals surface area contributed by atoms with Gasteiger partial charge in [-0.2, -0.15) is 0 Å². The largest absolute Gasteiger partial charge is 0.490 e. The minimum atomic E-state index is 0.448. The van der Waals surface area contributed by atoms with Crippen LogP contribution in [-0.2, 0) is 6.61 Å². The molecule has 2 rings (SSSR count). The summed E-state index contributed by atoms with van der Waals surface area (Å²) in [5.74, 6) is 1.25. The maximum absolute atomic E-state index is 10.8. The van der Waals surface area contributed by atoms with Gasteiger partial charge in [-0.05, 0) is 30.7 Å². The number of hydrogen-bond acceptors (Lipinski definition) is 3. The molecule has 0 amide bonds. The molecule has 0 saturated heterocycles. The molecule has 0 unspecified atom stereocenters. The first-order valence-corrected chi connectivity index (χ1v) is 6.22. The fourth-order valence-electron chi connectivity index (χ4n) is 1.72. The number of carbonyl (C=O) groups is 1. The zero-order chi connectivity index (χ0) is 13.5. The first-order chi connectivity index (χ1) is 9.33. The van der Waals surface area contributed by atoms with Crippen molar-refractivity contribution in [2.45, 2.75) is 13.5 Å². The van der Waals surface area contributed by atoms with Crippen LogP contribution >= 0.6 is 0 Å². The number of benzene rings is 2. The number of carbonyl (C=O) groups excluding carboxylic acids is 1. The molecule has 0 radical (unpaired) electrons. The van der Waals surface area contributed by atoms with Crippen molar-refractivity contribution in [3.05, 3.63) is 59.7 Å². The quantitative estimate of drug-likeness (QED) is 0.742. The smallest absolute Gasteiger partial charge is 0.162 e. The number of aldehydes is 1. The summed E-state index contributed by atoms with van der Waals surface area (Å²) >= 11 is 0. The Bertz CT molecular complexity index is 535. The van der Waals surface area contributed by atoms with Crippen LogP contribution in [0.3, 0.4) is 0 Å². The van der Waals surface area contributed by atoms with Gasteiger partial charge in [-0.3, -0.25) is 4.79 Å².